The summed E-state index contributed by atoms with van der Waals surface area (Å²) in [6.45, 7) is 5.98. The maximum absolute atomic E-state index is 9.76. The van der Waals surface area contributed by atoms with Gasteiger partial charge in [-0.15, -0.1) is 0 Å². The number of hydrogen-bond donors (Lipinski definition) is 1. The molecule has 1 spiro atoms. The molecule has 6 heteroatoms. The molecular formula is C16H22ClNO4. The quantitative estimate of drug-likeness (QED) is 0.859. The minimum absolute atomic E-state index is 0.270. The average Bonchev–Trinajstić information content (AvgIpc) is 2.88. The lowest BCUT2D eigenvalue weighted by Gasteiger charge is -2.34. The summed E-state index contributed by atoms with van der Waals surface area (Å²) in [6.07, 6.45) is 1.60. The predicted octanol–water partition coefficient (Wildman–Crippen LogP) is 2.21. The Bertz CT molecular complexity index is 550. The van der Waals surface area contributed by atoms with E-state index in [1.54, 1.807) is 13.8 Å². The molecule has 1 N–H and O–H groups in total. The fourth-order valence-electron chi connectivity index (χ4n) is 3.05. The minimum Gasteiger partial charge on any atom is -0.388 e. The standard InChI is InChI=1S/C16H22ClNO4/c1-15(2,19)9-21-8-11-7-13(17)18-14-12(11)3-5-22-16(14)4-6-20-10-16/h7,19H,3-6,8-10H2,1-2H3. The highest BCUT2D eigenvalue weighted by Gasteiger charge is 2.44. The van der Waals surface area contributed by atoms with Crippen LogP contribution < -0.4 is 0 Å². The molecule has 0 saturated carbocycles. The molecule has 2 aliphatic heterocycles. The van der Waals surface area contributed by atoms with Crippen LogP contribution in [0.1, 0.15) is 37.1 Å². The Balaban J connectivity index is 1.87. The lowest BCUT2D eigenvalue weighted by Crippen LogP contribution is -2.38. The molecule has 22 heavy (non-hydrogen) atoms. The maximum atomic E-state index is 9.76. The van der Waals surface area contributed by atoms with Crippen LogP contribution >= 0.6 is 11.6 Å². The molecule has 122 valence electrons. The SMILES string of the molecule is CC(C)(O)COCc1cc(Cl)nc2c1CCOC21CCOC1. The summed E-state index contributed by atoms with van der Waals surface area (Å²) in [5, 5.41) is 10.2. The molecule has 1 fully saturated rings. The van der Waals surface area contributed by atoms with Gasteiger partial charge in [-0.1, -0.05) is 11.6 Å². The minimum atomic E-state index is -0.847. The average molecular weight is 328 g/mol. The van der Waals surface area contributed by atoms with Crippen molar-refractivity contribution in [1.82, 2.24) is 4.98 Å². The lowest BCUT2D eigenvalue weighted by atomic mass is 9.88. The molecule has 3 heterocycles. The Hall–Kier alpha value is -0.720. The van der Waals surface area contributed by atoms with E-state index in [4.69, 9.17) is 25.8 Å². The number of rotatable bonds is 4. The zero-order chi connectivity index (χ0) is 15.8. The van der Waals surface area contributed by atoms with Crippen molar-refractivity contribution in [3.63, 3.8) is 0 Å². The molecule has 5 nitrogen and oxygen atoms in total. The van der Waals surface area contributed by atoms with E-state index in [-0.39, 0.29) is 6.61 Å². The third-order valence-electron chi connectivity index (χ3n) is 4.05. The first-order chi connectivity index (χ1) is 10.4. The van der Waals surface area contributed by atoms with Crippen molar-refractivity contribution in [3.05, 3.63) is 28.0 Å². The van der Waals surface area contributed by atoms with Gasteiger partial charge in [0.2, 0.25) is 0 Å². The highest BCUT2D eigenvalue weighted by atomic mass is 35.5. The summed E-state index contributed by atoms with van der Waals surface area (Å²) in [5.74, 6) is 0. The van der Waals surface area contributed by atoms with Crippen LogP contribution in [0, 0.1) is 0 Å². The van der Waals surface area contributed by atoms with Gasteiger partial charge >= 0.3 is 0 Å². The summed E-state index contributed by atoms with van der Waals surface area (Å²) < 4.78 is 17.2. The number of halogens is 1. The maximum Gasteiger partial charge on any atom is 0.136 e. The van der Waals surface area contributed by atoms with Crippen LogP contribution in [0.2, 0.25) is 5.15 Å². The third kappa shape index (κ3) is 3.29. The first-order valence-electron chi connectivity index (χ1n) is 7.60. The molecule has 0 amide bonds. The van der Waals surface area contributed by atoms with E-state index in [2.05, 4.69) is 4.98 Å². The second-order valence-corrected chi connectivity index (χ2v) is 7.02. The van der Waals surface area contributed by atoms with Crippen LogP contribution in [0.5, 0.6) is 0 Å². The van der Waals surface area contributed by atoms with Crippen molar-refractivity contribution in [1.29, 1.82) is 0 Å². The van der Waals surface area contributed by atoms with Gasteiger partial charge in [-0.25, -0.2) is 4.98 Å². The normalized spacial score (nSPS) is 24.7. The van der Waals surface area contributed by atoms with Gasteiger partial charge in [0.1, 0.15) is 10.8 Å². The van der Waals surface area contributed by atoms with E-state index >= 15 is 0 Å². The van der Waals surface area contributed by atoms with E-state index in [0.29, 0.717) is 31.6 Å². The van der Waals surface area contributed by atoms with Gasteiger partial charge in [-0.05, 0) is 37.5 Å². The molecule has 2 aliphatic rings. The van der Waals surface area contributed by atoms with Gasteiger partial charge in [0, 0.05) is 13.0 Å². The summed E-state index contributed by atoms with van der Waals surface area (Å²) in [4.78, 5) is 4.52. The van der Waals surface area contributed by atoms with E-state index in [9.17, 15) is 5.11 Å². The molecule has 0 aromatic carbocycles. The number of aromatic nitrogens is 1. The Labute approximate surface area is 135 Å². The van der Waals surface area contributed by atoms with Gasteiger partial charge in [0.25, 0.3) is 0 Å². The van der Waals surface area contributed by atoms with Crippen molar-refractivity contribution >= 4 is 11.6 Å². The summed E-state index contributed by atoms with van der Waals surface area (Å²) in [5.41, 5.74) is 1.76. The molecule has 1 atom stereocenters. The summed E-state index contributed by atoms with van der Waals surface area (Å²) in [7, 11) is 0. The fraction of sp³-hybridized carbons (Fsp3) is 0.688. The monoisotopic (exact) mass is 327 g/mol. The zero-order valence-corrected chi connectivity index (χ0v) is 13.8. The topological polar surface area (TPSA) is 60.8 Å². The molecule has 3 rings (SSSR count). The first-order valence-corrected chi connectivity index (χ1v) is 7.98. The van der Waals surface area contributed by atoms with Gasteiger partial charge in [-0.3, -0.25) is 0 Å². The Morgan fingerprint density at radius 2 is 2.27 bits per heavy atom. The van der Waals surface area contributed by atoms with E-state index in [0.717, 1.165) is 29.7 Å². The summed E-state index contributed by atoms with van der Waals surface area (Å²) >= 11 is 6.20. The molecule has 1 unspecified atom stereocenters. The molecule has 1 aromatic rings. The number of hydrogen-bond acceptors (Lipinski definition) is 5. The van der Waals surface area contributed by atoms with Crippen molar-refractivity contribution in [2.24, 2.45) is 0 Å². The van der Waals surface area contributed by atoms with Crippen LogP contribution in [-0.4, -0.2) is 42.1 Å². The second-order valence-electron chi connectivity index (χ2n) is 6.63. The highest BCUT2D eigenvalue weighted by Crippen LogP contribution is 2.40. The summed E-state index contributed by atoms with van der Waals surface area (Å²) in [6, 6.07) is 1.85. The van der Waals surface area contributed by atoms with Crippen LogP contribution in [0.15, 0.2) is 6.07 Å². The molecule has 0 radical (unpaired) electrons. The number of pyridine rings is 1. The molecule has 1 aromatic heterocycles. The van der Waals surface area contributed by atoms with E-state index in [1.165, 1.54) is 0 Å². The van der Waals surface area contributed by atoms with Crippen LogP contribution in [-0.2, 0) is 32.8 Å². The van der Waals surface area contributed by atoms with Crippen LogP contribution in [0.25, 0.3) is 0 Å². The Morgan fingerprint density at radius 1 is 1.45 bits per heavy atom. The van der Waals surface area contributed by atoms with Crippen molar-refractivity contribution in [3.8, 4) is 0 Å². The molecule has 0 aliphatic carbocycles. The molecule has 1 saturated heterocycles. The zero-order valence-electron chi connectivity index (χ0n) is 13.0. The third-order valence-corrected chi connectivity index (χ3v) is 4.24. The smallest absolute Gasteiger partial charge is 0.136 e. The van der Waals surface area contributed by atoms with Crippen LogP contribution in [0.3, 0.4) is 0 Å². The highest BCUT2D eigenvalue weighted by molar-refractivity contribution is 6.29. The van der Waals surface area contributed by atoms with Crippen molar-refractivity contribution in [2.45, 2.75) is 44.5 Å². The number of nitrogens with zero attached hydrogens (tertiary/aromatic N) is 1. The lowest BCUT2D eigenvalue weighted by molar-refractivity contribution is -0.0674. The van der Waals surface area contributed by atoms with Crippen molar-refractivity contribution in [2.75, 3.05) is 26.4 Å². The Kier molecular flexibility index (Phi) is 4.45. The van der Waals surface area contributed by atoms with Crippen LogP contribution in [0.4, 0.5) is 0 Å². The van der Waals surface area contributed by atoms with Crippen molar-refractivity contribution < 1.29 is 19.3 Å². The molecular weight excluding hydrogens is 306 g/mol. The van der Waals surface area contributed by atoms with E-state index < -0.39 is 11.2 Å². The number of ether oxygens (including phenoxy) is 3. The van der Waals surface area contributed by atoms with Gasteiger partial charge in [0.15, 0.2) is 0 Å². The first kappa shape index (κ1) is 16.1. The number of aliphatic hydroxyl groups is 1. The van der Waals surface area contributed by atoms with E-state index in [1.807, 2.05) is 6.07 Å². The molecule has 0 bridgehead atoms. The number of fused-ring (bicyclic) bond motifs is 2. The second kappa shape index (κ2) is 6.06. The predicted molar refractivity (Wildman–Crippen MR) is 82.0 cm³/mol. The Morgan fingerprint density at radius 3 is 2.95 bits per heavy atom. The largest absolute Gasteiger partial charge is 0.388 e. The fourth-order valence-corrected chi connectivity index (χ4v) is 3.26. The van der Waals surface area contributed by atoms with Gasteiger partial charge < -0.3 is 19.3 Å². The van der Waals surface area contributed by atoms with Gasteiger partial charge in [0.05, 0.1) is 37.7 Å². The van der Waals surface area contributed by atoms with Gasteiger partial charge in [-0.2, -0.15) is 0 Å².